The van der Waals surface area contributed by atoms with Crippen molar-refractivity contribution in [1.82, 2.24) is 19.0 Å². The van der Waals surface area contributed by atoms with E-state index in [4.69, 9.17) is 4.74 Å². The number of carbonyl (C=O) groups is 2. The van der Waals surface area contributed by atoms with E-state index in [1.165, 1.54) is 10.4 Å². The van der Waals surface area contributed by atoms with Gasteiger partial charge in [-0.25, -0.2) is 8.42 Å². The van der Waals surface area contributed by atoms with E-state index in [1.807, 2.05) is 4.90 Å². The molecular formula is C23H32N4O5S. The number of benzene rings is 1. The lowest BCUT2D eigenvalue weighted by Crippen LogP contribution is -2.51. The highest BCUT2D eigenvalue weighted by molar-refractivity contribution is 7.89. The van der Waals surface area contributed by atoms with E-state index in [2.05, 4.69) is 4.90 Å². The van der Waals surface area contributed by atoms with Crippen LogP contribution in [0.1, 0.15) is 18.4 Å². The third-order valence-electron chi connectivity index (χ3n) is 6.41. The summed E-state index contributed by atoms with van der Waals surface area (Å²) in [6, 6.07) is 6.56. The Balaban J connectivity index is 1.26. The van der Waals surface area contributed by atoms with Crippen molar-refractivity contribution < 1.29 is 22.7 Å². The number of sulfonamides is 1. The number of likely N-dealkylation sites (tertiary alicyclic amines) is 1. The van der Waals surface area contributed by atoms with Crippen LogP contribution in [0.25, 0.3) is 6.08 Å². The number of amides is 2. The predicted molar refractivity (Wildman–Crippen MR) is 124 cm³/mol. The molecule has 4 rings (SSSR count). The van der Waals surface area contributed by atoms with Gasteiger partial charge in [-0.3, -0.25) is 14.5 Å². The van der Waals surface area contributed by atoms with Gasteiger partial charge in [-0.2, -0.15) is 4.31 Å². The van der Waals surface area contributed by atoms with Crippen LogP contribution < -0.4 is 0 Å². The molecule has 1 aromatic rings. The lowest BCUT2D eigenvalue weighted by atomic mass is 10.2. The average molecular weight is 477 g/mol. The maximum atomic E-state index is 12.7. The molecule has 180 valence electrons. The standard InChI is InChI=1S/C23H32N4O5S/c28-22(26-13-11-24(12-14-26)19-23(29)25-9-1-2-10-25)8-5-20-3-6-21(7-4-20)33(30,31)27-15-17-32-18-16-27/h3-8H,1-2,9-19H2/b8-5+. The summed E-state index contributed by atoms with van der Waals surface area (Å²) in [6.07, 6.45) is 5.41. The molecule has 2 amide bonds. The third kappa shape index (κ3) is 6.00. The van der Waals surface area contributed by atoms with Crippen molar-refractivity contribution in [2.75, 3.05) is 72.1 Å². The minimum absolute atomic E-state index is 0.0782. The second-order valence-corrected chi connectivity index (χ2v) is 10.5. The summed E-state index contributed by atoms with van der Waals surface area (Å²) in [4.78, 5) is 31.0. The van der Waals surface area contributed by atoms with Crippen LogP contribution in [0.4, 0.5) is 0 Å². The van der Waals surface area contributed by atoms with Gasteiger partial charge >= 0.3 is 0 Å². The molecule has 0 N–H and O–H groups in total. The summed E-state index contributed by atoms with van der Waals surface area (Å²) in [7, 11) is -3.52. The zero-order valence-corrected chi connectivity index (χ0v) is 19.7. The molecule has 0 bridgehead atoms. The smallest absolute Gasteiger partial charge is 0.246 e. The number of morpholine rings is 1. The number of hydrogen-bond donors (Lipinski definition) is 0. The van der Waals surface area contributed by atoms with Crippen molar-refractivity contribution in [1.29, 1.82) is 0 Å². The third-order valence-corrected chi connectivity index (χ3v) is 8.32. The van der Waals surface area contributed by atoms with Gasteiger partial charge in [0.15, 0.2) is 0 Å². The van der Waals surface area contributed by atoms with Crippen LogP contribution in [0.15, 0.2) is 35.2 Å². The highest BCUT2D eigenvalue weighted by Crippen LogP contribution is 2.18. The molecule has 0 spiro atoms. The molecule has 33 heavy (non-hydrogen) atoms. The van der Waals surface area contributed by atoms with Crippen LogP contribution >= 0.6 is 0 Å². The van der Waals surface area contributed by atoms with E-state index in [0.29, 0.717) is 59.0 Å². The Hall–Kier alpha value is -2.27. The van der Waals surface area contributed by atoms with Crippen LogP contribution in [-0.2, 0) is 24.3 Å². The monoisotopic (exact) mass is 476 g/mol. The molecule has 3 aliphatic rings. The molecular weight excluding hydrogens is 444 g/mol. The summed E-state index contributed by atoms with van der Waals surface area (Å²) in [6.45, 7) is 6.25. The maximum absolute atomic E-state index is 12.7. The van der Waals surface area contributed by atoms with Crippen molar-refractivity contribution in [3.8, 4) is 0 Å². The summed E-state index contributed by atoms with van der Waals surface area (Å²) in [5.41, 5.74) is 0.763. The number of hydrogen-bond acceptors (Lipinski definition) is 6. The molecule has 0 unspecified atom stereocenters. The highest BCUT2D eigenvalue weighted by Gasteiger charge is 2.26. The van der Waals surface area contributed by atoms with Gasteiger partial charge in [0.25, 0.3) is 0 Å². The fourth-order valence-electron chi connectivity index (χ4n) is 4.34. The zero-order chi connectivity index (χ0) is 23.3. The van der Waals surface area contributed by atoms with Crippen LogP contribution in [0, 0.1) is 0 Å². The Labute approximate surface area is 195 Å². The zero-order valence-electron chi connectivity index (χ0n) is 18.9. The first-order chi connectivity index (χ1) is 15.9. The Morgan fingerprint density at radius 3 is 2.12 bits per heavy atom. The van der Waals surface area contributed by atoms with Crippen molar-refractivity contribution in [2.24, 2.45) is 0 Å². The van der Waals surface area contributed by atoms with E-state index in [1.54, 1.807) is 35.2 Å². The van der Waals surface area contributed by atoms with Crippen LogP contribution in [-0.4, -0.2) is 111 Å². The van der Waals surface area contributed by atoms with E-state index >= 15 is 0 Å². The topological polar surface area (TPSA) is 90.5 Å². The van der Waals surface area contributed by atoms with Gasteiger partial charge < -0.3 is 14.5 Å². The normalized spacial score (nSPS) is 21.1. The number of piperazine rings is 1. The molecule has 0 saturated carbocycles. The second kappa shape index (κ2) is 10.8. The first-order valence-corrected chi connectivity index (χ1v) is 13.0. The van der Waals surface area contributed by atoms with E-state index in [-0.39, 0.29) is 16.7 Å². The average Bonchev–Trinajstić information content (AvgIpc) is 3.39. The second-order valence-electron chi connectivity index (χ2n) is 8.61. The largest absolute Gasteiger partial charge is 0.379 e. The molecule has 3 heterocycles. The Morgan fingerprint density at radius 2 is 1.48 bits per heavy atom. The lowest BCUT2D eigenvalue weighted by molar-refractivity contribution is -0.132. The Morgan fingerprint density at radius 1 is 0.848 bits per heavy atom. The summed E-state index contributed by atoms with van der Waals surface area (Å²) in [5, 5.41) is 0. The molecule has 0 atom stereocenters. The number of ether oxygens (including phenoxy) is 1. The maximum Gasteiger partial charge on any atom is 0.246 e. The summed E-state index contributed by atoms with van der Waals surface area (Å²) in [5.74, 6) is 0.108. The predicted octanol–water partition coefficient (Wildman–Crippen LogP) is 0.487. The van der Waals surface area contributed by atoms with Crippen molar-refractivity contribution in [3.63, 3.8) is 0 Å². The first kappa shape index (κ1) is 23.9. The van der Waals surface area contributed by atoms with E-state index in [0.717, 1.165) is 31.5 Å². The molecule has 9 nitrogen and oxygen atoms in total. The Kier molecular flexibility index (Phi) is 7.79. The summed E-state index contributed by atoms with van der Waals surface area (Å²) >= 11 is 0. The van der Waals surface area contributed by atoms with Crippen molar-refractivity contribution in [3.05, 3.63) is 35.9 Å². The van der Waals surface area contributed by atoms with Gasteiger partial charge in [-0.05, 0) is 36.6 Å². The summed E-state index contributed by atoms with van der Waals surface area (Å²) < 4.78 is 32.1. The minimum Gasteiger partial charge on any atom is -0.379 e. The fourth-order valence-corrected chi connectivity index (χ4v) is 5.75. The Bertz CT molecular complexity index is 959. The van der Waals surface area contributed by atoms with Gasteiger partial charge in [-0.1, -0.05) is 12.1 Å². The first-order valence-electron chi connectivity index (χ1n) is 11.6. The molecule has 1 aromatic carbocycles. The quantitative estimate of drug-likeness (QED) is 0.555. The van der Waals surface area contributed by atoms with Gasteiger partial charge in [0.05, 0.1) is 24.7 Å². The molecule has 3 aliphatic heterocycles. The van der Waals surface area contributed by atoms with Gasteiger partial charge in [0, 0.05) is 58.4 Å². The van der Waals surface area contributed by atoms with Gasteiger partial charge in [0.1, 0.15) is 0 Å². The van der Waals surface area contributed by atoms with Crippen molar-refractivity contribution in [2.45, 2.75) is 17.7 Å². The molecule has 0 aromatic heterocycles. The molecule has 0 radical (unpaired) electrons. The molecule has 10 heteroatoms. The van der Waals surface area contributed by atoms with Gasteiger partial charge in [-0.15, -0.1) is 0 Å². The number of nitrogens with zero attached hydrogens (tertiary/aromatic N) is 4. The highest BCUT2D eigenvalue weighted by atomic mass is 32.2. The van der Waals surface area contributed by atoms with Crippen LogP contribution in [0.5, 0.6) is 0 Å². The molecule has 0 aliphatic carbocycles. The van der Waals surface area contributed by atoms with Gasteiger partial charge in [0.2, 0.25) is 21.8 Å². The molecule has 3 saturated heterocycles. The van der Waals surface area contributed by atoms with E-state index < -0.39 is 10.0 Å². The fraction of sp³-hybridized carbons (Fsp3) is 0.565. The van der Waals surface area contributed by atoms with Crippen molar-refractivity contribution >= 4 is 27.9 Å². The SMILES string of the molecule is O=C(/C=C/c1ccc(S(=O)(=O)N2CCOCC2)cc1)N1CCN(CC(=O)N2CCCC2)CC1. The minimum atomic E-state index is -3.52. The van der Waals surface area contributed by atoms with Crippen LogP contribution in [0.2, 0.25) is 0 Å². The van der Waals surface area contributed by atoms with E-state index in [9.17, 15) is 18.0 Å². The van der Waals surface area contributed by atoms with Crippen LogP contribution in [0.3, 0.4) is 0 Å². The lowest BCUT2D eigenvalue weighted by Gasteiger charge is -2.34. The number of carbonyl (C=O) groups excluding carboxylic acids is 2. The number of rotatable bonds is 6. The molecule has 3 fully saturated rings.